The normalized spacial score (nSPS) is 8.15. The minimum Gasteiger partial charge on any atom is -0.399 e. The predicted octanol–water partition coefficient (Wildman–Crippen LogP) is 1.20. The van der Waals surface area contributed by atoms with E-state index in [4.69, 9.17) is 17.2 Å². The highest BCUT2D eigenvalue weighted by Gasteiger charge is 1.87. The molecular weight excluding hydrogens is 164 g/mol. The Morgan fingerprint density at radius 2 is 1.54 bits per heavy atom. The van der Waals surface area contributed by atoms with Gasteiger partial charge in [-0.3, -0.25) is 0 Å². The van der Waals surface area contributed by atoms with E-state index in [2.05, 4.69) is 4.99 Å². The average molecular weight is 180 g/mol. The van der Waals surface area contributed by atoms with Crippen molar-refractivity contribution < 1.29 is 0 Å². The van der Waals surface area contributed by atoms with Crippen molar-refractivity contribution in [1.29, 1.82) is 0 Å². The molecule has 0 amide bonds. The molecule has 0 saturated heterocycles. The Morgan fingerprint density at radius 1 is 1.08 bits per heavy atom. The summed E-state index contributed by atoms with van der Waals surface area (Å²) in [4.78, 5) is 3.82. The summed E-state index contributed by atoms with van der Waals surface area (Å²) in [6.45, 7) is 4.00. The summed E-state index contributed by atoms with van der Waals surface area (Å²) in [5.41, 5.74) is 17.2. The summed E-state index contributed by atoms with van der Waals surface area (Å²) in [7, 11) is 0. The first-order valence-electron chi connectivity index (χ1n) is 4.13. The highest BCUT2D eigenvalue weighted by Crippen LogP contribution is 2.12. The third kappa shape index (κ3) is 4.68. The van der Waals surface area contributed by atoms with E-state index in [0.717, 1.165) is 0 Å². The number of guanidine groups is 1. The Bertz CT molecular complexity index is 259. The van der Waals surface area contributed by atoms with E-state index >= 15 is 0 Å². The Hall–Kier alpha value is -1.71. The van der Waals surface area contributed by atoms with E-state index in [9.17, 15) is 0 Å². The second-order valence-corrected chi connectivity index (χ2v) is 2.13. The SMILES string of the molecule is CC.NC(N)=Nc1ccc(N)cc1. The predicted molar refractivity (Wildman–Crippen MR) is 57.7 cm³/mol. The zero-order valence-electron chi connectivity index (χ0n) is 7.99. The minimum absolute atomic E-state index is 0.0507. The second kappa shape index (κ2) is 5.88. The third-order valence-electron chi connectivity index (χ3n) is 1.15. The quantitative estimate of drug-likeness (QED) is 0.344. The van der Waals surface area contributed by atoms with Gasteiger partial charge in [0.05, 0.1) is 5.69 Å². The summed E-state index contributed by atoms with van der Waals surface area (Å²) in [5, 5.41) is 0. The first kappa shape index (κ1) is 11.3. The molecule has 0 aromatic heterocycles. The van der Waals surface area contributed by atoms with Gasteiger partial charge in [-0.2, -0.15) is 0 Å². The number of benzene rings is 1. The molecule has 1 aromatic rings. The van der Waals surface area contributed by atoms with Gasteiger partial charge in [0.15, 0.2) is 5.96 Å². The van der Waals surface area contributed by atoms with Crippen LogP contribution in [0.2, 0.25) is 0 Å². The molecular formula is C9H16N4. The monoisotopic (exact) mass is 180 g/mol. The van der Waals surface area contributed by atoms with Gasteiger partial charge in [0.2, 0.25) is 0 Å². The second-order valence-electron chi connectivity index (χ2n) is 2.13. The lowest BCUT2D eigenvalue weighted by atomic mass is 10.3. The van der Waals surface area contributed by atoms with Crippen molar-refractivity contribution in [3.8, 4) is 0 Å². The number of nitrogens with zero attached hydrogens (tertiary/aromatic N) is 1. The van der Waals surface area contributed by atoms with Gasteiger partial charge in [-0.1, -0.05) is 13.8 Å². The van der Waals surface area contributed by atoms with Crippen LogP contribution in [0.15, 0.2) is 29.3 Å². The molecule has 0 heterocycles. The van der Waals surface area contributed by atoms with Crippen LogP contribution in [-0.2, 0) is 0 Å². The van der Waals surface area contributed by atoms with Crippen molar-refractivity contribution in [2.45, 2.75) is 13.8 Å². The van der Waals surface area contributed by atoms with Crippen molar-refractivity contribution in [2.75, 3.05) is 5.73 Å². The Morgan fingerprint density at radius 3 is 1.92 bits per heavy atom. The van der Waals surface area contributed by atoms with Crippen LogP contribution in [0.25, 0.3) is 0 Å². The minimum atomic E-state index is 0.0507. The van der Waals surface area contributed by atoms with Crippen molar-refractivity contribution in [2.24, 2.45) is 16.5 Å². The largest absolute Gasteiger partial charge is 0.399 e. The van der Waals surface area contributed by atoms with Crippen molar-refractivity contribution in [3.05, 3.63) is 24.3 Å². The van der Waals surface area contributed by atoms with Crippen LogP contribution in [0.5, 0.6) is 0 Å². The lowest BCUT2D eigenvalue weighted by Gasteiger charge is -1.94. The maximum atomic E-state index is 5.45. The molecule has 13 heavy (non-hydrogen) atoms. The highest BCUT2D eigenvalue weighted by atomic mass is 15.0. The van der Waals surface area contributed by atoms with Crippen LogP contribution in [0, 0.1) is 0 Å². The number of rotatable bonds is 1. The number of anilines is 1. The van der Waals surface area contributed by atoms with E-state index in [1.54, 1.807) is 24.3 Å². The van der Waals surface area contributed by atoms with Gasteiger partial charge in [0.1, 0.15) is 0 Å². The van der Waals surface area contributed by atoms with Crippen LogP contribution in [-0.4, -0.2) is 5.96 Å². The van der Waals surface area contributed by atoms with E-state index in [0.29, 0.717) is 11.4 Å². The molecule has 0 unspecified atom stereocenters. The Labute approximate surface area is 78.4 Å². The molecule has 0 aliphatic rings. The summed E-state index contributed by atoms with van der Waals surface area (Å²) < 4.78 is 0. The zero-order chi connectivity index (χ0) is 10.3. The molecule has 0 aliphatic carbocycles. The number of hydrogen-bond donors (Lipinski definition) is 3. The average Bonchev–Trinajstić information content (AvgIpc) is 2.12. The summed E-state index contributed by atoms with van der Waals surface area (Å²) in [6, 6.07) is 6.97. The fourth-order valence-electron chi connectivity index (χ4n) is 0.698. The Kier molecular flexibility index (Phi) is 5.11. The molecule has 0 saturated carbocycles. The topological polar surface area (TPSA) is 90.4 Å². The standard InChI is InChI=1S/C7H10N4.C2H6/c8-5-1-3-6(4-2-5)11-7(9)10;1-2/h1-4H,8H2,(H4,9,10,11);1-2H3. The van der Waals surface area contributed by atoms with Crippen LogP contribution in [0.4, 0.5) is 11.4 Å². The third-order valence-corrected chi connectivity index (χ3v) is 1.15. The number of nitrogen functional groups attached to an aromatic ring is 1. The van der Waals surface area contributed by atoms with Gasteiger partial charge >= 0.3 is 0 Å². The van der Waals surface area contributed by atoms with Gasteiger partial charge in [-0.25, -0.2) is 4.99 Å². The molecule has 0 aliphatic heterocycles. The number of nitrogens with two attached hydrogens (primary N) is 3. The van der Waals surface area contributed by atoms with Gasteiger partial charge in [0.25, 0.3) is 0 Å². The molecule has 72 valence electrons. The molecule has 6 N–H and O–H groups in total. The zero-order valence-corrected chi connectivity index (χ0v) is 7.99. The first-order valence-corrected chi connectivity index (χ1v) is 4.13. The van der Waals surface area contributed by atoms with Crippen molar-refractivity contribution in [1.82, 2.24) is 0 Å². The van der Waals surface area contributed by atoms with Gasteiger partial charge in [-0.15, -0.1) is 0 Å². The summed E-state index contributed by atoms with van der Waals surface area (Å²) >= 11 is 0. The van der Waals surface area contributed by atoms with Crippen molar-refractivity contribution >= 4 is 17.3 Å². The molecule has 0 fully saturated rings. The van der Waals surface area contributed by atoms with Gasteiger partial charge in [0, 0.05) is 5.69 Å². The summed E-state index contributed by atoms with van der Waals surface area (Å²) in [6.07, 6.45) is 0. The molecule has 1 aromatic carbocycles. The van der Waals surface area contributed by atoms with Crippen molar-refractivity contribution in [3.63, 3.8) is 0 Å². The molecule has 0 spiro atoms. The molecule has 4 nitrogen and oxygen atoms in total. The smallest absolute Gasteiger partial charge is 0.191 e. The lowest BCUT2D eigenvalue weighted by Crippen LogP contribution is -2.21. The Balaban J connectivity index is 0.000000671. The van der Waals surface area contributed by atoms with E-state index in [1.807, 2.05) is 13.8 Å². The number of hydrogen-bond acceptors (Lipinski definition) is 2. The van der Waals surface area contributed by atoms with Gasteiger partial charge < -0.3 is 17.2 Å². The molecule has 0 radical (unpaired) electrons. The van der Waals surface area contributed by atoms with Crippen LogP contribution >= 0.6 is 0 Å². The fraction of sp³-hybridized carbons (Fsp3) is 0.222. The van der Waals surface area contributed by atoms with Gasteiger partial charge in [-0.05, 0) is 24.3 Å². The molecule has 0 atom stereocenters. The fourth-order valence-corrected chi connectivity index (χ4v) is 0.698. The van der Waals surface area contributed by atoms with Crippen LogP contribution in [0.1, 0.15) is 13.8 Å². The van der Waals surface area contributed by atoms with E-state index in [1.165, 1.54) is 0 Å². The molecule has 1 rings (SSSR count). The highest BCUT2D eigenvalue weighted by molar-refractivity contribution is 5.79. The summed E-state index contributed by atoms with van der Waals surface area (Å²) in [5.74, 6) is 0.0507. The first-order chi connectivity index (χ1) is 6.18. The lowest BCUT2D eigenvalue weighted by molar-refractivity contribution is 1.42. The maximum Gasteiger partial charge on any atom is 0.191 e. The van der Waals surface area contributed by atoms with E-state index < -0.39 is 0 Å². The van der Waals surface area contributed by atoms with Crippen LogP contribution in [0.3, 0.4) is 0 Å². The molecule has 4 heteroatoms. The van der Waals surface area contributed by atoms with E-state index in [-0.39, 0.29) is 5.96 Å². The molecule has 0 bridgehead atoms. The van der Waals surface area contributed by atoms with Crippen LogP contribution < -0.4 is 17.2 Å². The maximum absolute atomic E-state index is 5.45. The number of aliphatic imine (C=N–C) groups is 1.